The molecule has 3 aromatic heterocycles. The Labute approximate surface area is 234 Å². The van der Waals surface area contributed by atoms with Crippen LogP contribution in [0.25, 0.3) is 16.6 Å². The summed E-state index contributed by atoms with van der Waals surface area (Å²) in [4.78, 5) is 49.5. The number of carbonyl (C=O) groups excluding carboxylic acids is 2. The SMILES string of the molecule is C=C(C)c1ccc2c(N3CCN(C(=O)c4cccs4)CC3)c(C(=O)OCC)c(=O)n(Cc3ccc(F)cc3)c2n1. The Morgan fingerprint density at radius 3 is 2.42 bits per heavy atom. The van der Waals surface area contributed by atoms with Crippen LogP contribution in [0.5, 0.6) is 0 Å². The number of rotatable bonds is 7. The fourth-order valence-corrected chi connectivity index (χ4v) is 5.56. The van der Waals surface area contributed by atoms with Crippen LogP contribution in [0.2, 0.25) is 0 Å². The van der Waals surface area contributed by atoms with E-state index in [1.54, 1.807) is 30.0 Å². The summed E-state index contributed by atoms with van der Waals surface area (Å²) in [6.07, 6.45) is 0. The van der Waals surface area contributed by atoms with Crippen molar-refractivity contribution >= 4 is 45.5 Å². The molecule has 40 heavy (non-hydrogen) atoms. The van der Waals surface area contributed by atoms with Gasteiger partial charge in [-0.05, 0) is 60.7 Å². The first-order chi connectivity index (χ1) is 19.3. The van der Waals surface area contributed by atoms with Gasteiger partial charge in [-0.25, -0.2) is 14.2 Å². The van der Waals surface area contributed by atoms with E-state index in [1.165, 1.54) is 28.0 Å². The smallest absolute Gasteiger partial charge is 0.345 e. The van der Waals surface area contributed by atoms with E-state index in [2.05, 4.69) is 6.58 Å². The number of halogens is 1. The van der Waals surface area contributed by atoms with Gasteiger partial charge < -0.3 is 14.5 Å². The van der Waals surface area contributed by atoms with E-state index >= 15 is 0 Å². The summed E-state index contributed by atoms with van der Waals surface area (Å²) in [5.74, 6) is -1.14. The maximum atomic E-state index is 14.1. The Morgan fingerprint density at radius 1 is 1.07 bits per heavy atom. The topological polar surface area (TPSA) is 84.7 Å². The molecule has 0 aliphatic carbocycles. The fraction of sp³-hybridized carbons (Fsp3) is 0.267. The van der Waals surface area contributed by atoms with Crippen LogP contribution in [-0.4, -0.2) is 59.1 Å². The fourth-order valence-electron chi connectivity index (χ4n) is 4.87. The Balaban J connectivity index is 1.64. The van der Waals surface area contributed by atoms with E-state index in [9.17, 15) is 18.8 Å². The number of ether oxygens (including phenoxy) is 1. The van der Waals surface area contributed by atoms with Gasteiger partial charge in [-0.1, -0.05) is 24.8 Å². The molecular formula is C30H29FN4O4S. The summed E-state index contributed by atoms with van der Waals surface area (Å²) in [7, 11) is 0. The van der Waals surface area contributed by atoms with Gasteiger partial charge in [0.05, 0.1) is 29.4 Å². The Hall–Kier alpha value is -4.31. The predicted octanol–water partition coefficient (Wildman–Crippen LogP) is 4.82. The number of piperazine rings is 1. The van der Waals surface area contributed by atoms with Crippen molar-refractivity contribution < 1.29 is 18.7 Å². The van der Waals surface area contributed by atoms with Gasteiger partial charge in [0, 0.05) is 31.6 Å². The molecule has 1 aliphatic rings. The molecule has 0 atom stereocenters. The summed E-state index contributed by atoms with van der Waals surface area (Å²) in [6.45, 7) is 9.38. The highest BCUT2D eigenvalue weighted by molar-refractivity contribution is 7.12. The van der Waals surface area contributed by atoms with Crippen LogP contribution in [-0.2, 0) is 11.3 Å². The van der Waals surface area contributed by atoms with Gasteiger partial charge in [-0.15, -0.1) is 11.3 Å². The molecule has 4 heterocycles. The van der Waals surface area contributed by atoms with Crippen LogP contribution in [0.1, 0.15) is 45.1 Å². The first-order valence-electron chi connectivity index (χ1n) is 13.0. The van der Waals surface area contributed by atoms with Gasteiger partial charge >= 0.3 is 5.97 Å². The third-order valence-electron chi connectivity index (χ3n) is 6.87. The molecule has 5 rings (SSSR count). The van der Waals surface area contributed by atoms with Gasteiger partial charge in [0.1, 0.15) is 17.0 Å². The number of pyridine rings is 2. The Bertz CT molecular complexity index is 1640. The van der Waals surface area contributed by atoms with Gasteiger partial charge in [0.25, 0.3) is 11.5 Å². The molecule has 0 bridgehead atoms. The minimum Gasteiger partial charge on any atom is -0.462 e. The van der Waals surface area contributed by atoms with Crippen molar-refractivity contribution in [3.63, 3.8) is 0 Å². The highest BCUT2D eigenvalue weighted by atomic mass is 32.1. The second-order valence-corrected chi connectivity index (χ2v) is 10.5. The minimum atomic E-state index is -0.724. The van der Waals surface area contributed by atoms with E-state index in [1.807, 2.05) is 35.4 Å². The average Bonchev–Trinajstić information content (AvgIpc) is 3.50. The number of fused-ring (bicyclic) bond motifs is 1. The zero-order valence-electron chi connectivity index (χ0n) is 22.4. The highest BCUT2D eigenvalue weighted by Gasteiger charge is 2.31. The molecule has 10 heteroatoms. The van der Waals surface area contributed by atoms with Crippen molar-refractivity contribution in [2.24, 2.45) is 0 Å². The normalized spacial score (nSPS) is 13.5. The number of anilines is 1. The second kappa shape index (κ2) is 11.4. The summed E-state index contributed by atoms with van der Waals surface area (Å²) in [5.41, 5.74) is 2.21. The van der Waals surface area contributed by atoms with Gasteiger partial charge in [-0.2, -0.15) is 0 Å². The molecule has 4 aromatic rings. The molecule has 8 nitrogen and oxygen atoms in total. The molecule has 1 amide bonds. The molecule has 0 N–H and O–H groups in total. The lowest BCUT2D eigenvalue weighted by Gasteiger charge is -2.37. The quantitative estimate of drug-likeness (QED) is 0.302. The number of amides is 1. The number of nitrogens with zero attached hydrogens (tertiary/aromatic N) is 4. The summed E-state index contributed by atoms with van der Waals surface area (Å²) >= 11 is 1.40. The third kappa shape index (κ3) is 5.27. The van der Waals surface area contributed by atoms with Crippen LogP contribution in [0.4, 0.5) is 10.1 Å². The van der Waals surface area contributed by atoms with Crippen LogP contribution in [0, 0.1) is 5.82 Å². The second-order valence-electron chi connectivity index (χ2n) is 9.57. The number of allylic oxidation sites excluding steroid dienone is 1. The van der Waals surface area contributed by atoms with Crippen LogP contribution >= 0.6 is 11.3 Å². The third-order valence-corrected chi connectivity index (χ3v) is 7.73. The standard InChI is InChI=1S/C30H29FN4O4S/c1-4-39-30(38)25-26(33-13-15-34(16-14-33)28(36)24-6-5-17-40-24)22-11-12-23(19(2)3)32-27(22)35(29(25)37)18-20-7-9-21(31)10-8-20/h5-12,17H,2,4,13-16,18H2,1,3H3. The van der Waals surface area contributed by atoms with Gasteiger partial charge in [-0.3, -0.25) is 14.2 Å². The summed E-state index contributed by atoms with van der Waals surface area (Å²) in [6, 6.07) is 13.1. The van der Waals surface area contributed by atoms with Gasteiger partial charge in [0.2, 0.25) is 0 Å². The van der Waals surface area contributed by atoms with Crippen molar-refractivity contribution in [2.45, 2.75) is 20.4 Å². The molecule has 1 saturated heterocycles. The molecule has 1 fully saturated rings. The lowest BCUT2D eigenvalue weighted by atomic mass is 10.1. The largest absolute Gasteiger partial charge is 0.462 e. The zero-order valence-corrected chi connectivity index (χ0v) is 23.2. The first kappa shape index (κ1) is 27.3. The van der Waals surface area contributed by atoms with Crippen LogP contribution in [0.3, 0.4) is 0 Å². The van der Waals surface area contributed by atoms with Gasteiger partial charge in [0.15, 0.2) is 0 Å². The first-order valence-corrected chi connectivity index (χ1v) is 13.9. The van der Waals surface area contributed by atoms with E-state index in [4.69, 9.17) is 9.72 Å². The number of thiophene rings is 1. The maximum absolute atomic E-state index is 14.1. The van der Waals surface area contributed by atoms with Crippen molar-refractivity contribution in [1.29, 1.82) is 0 Å². The molecule has 1 aromatic carbocycles. The number of hydrogen-bond acceptors (Lipinski definition) is 7. The van der Waals surface area contributed by atoms with Crippen molar-refractivity contribution in [2.75, 3.05) is 37.7 Å². The predicted molar refractivity (Wildman–Crippen MR) is 155 cm³/mol. The number of carbonyl (C=O) groups is 2. The molecule has 0 spiro atoms. The number of benzene rings is 1. The molecule has 0 radical (unpaired) electrons. The van der Waals surface area contributed by atoms with Crippen LogP contribution < -0.4 is 10.5 Å². The van der Waals surface area contributed by atoms with E-state index < -0.39 is 11.5 Å². The molecule has 0 unspecified atom stereocenters. The van der Waals surface area contributed by atoms with Crippen molar-refractivity contribution in [3.8, 4) is 0 Å². The zero-order chi connectivity index (χ0) is 28.4. The lowest BCUT2D eigenvalue weighted by molar-refractivity contribution is 0.0523. The van der Waals surface area contributed by atoms with E-state index in [-0.39, 0.29) is 30.4 Å². The molecular weight excluding hydrogens is 531 g/mol. The monoisotopic (exact) mass is 560 g/mol. The minimum absolute atomic E-state index is 0.0346. The highest BCUT2D eigenvalue weighted by Crippen LogP contribution is 2.31. The number of aromatic nitrogens is 2. The van der Waals surface area contributed by atoms with Crippen LogP contribution in [0.15, 0.2) is 65.3 Å². The molecule has 0 saturated carbocycles. The van der Waals surface area contributed by atoms with Crippen molar-refractivity contribution in [3.05, 3.63) is 98.4 Å². The Kier molecular flexibility index (Phi) is 7.79. The Morgan fingerprint density at radius 2 is 1.80 bits per heavy atom. The lowest BCUT2D eigenvalue weighted by Crippen LogP contribution is -2.49. The number of esters is 1. The van der Waals surface area contributed by atoms with E-state index in [0.29, 0.717) is 59.0 Å². The average molecular weight is 561 g/mol. The molecule has 206 valence electrons. The molecule has 1 aliphatic heterocycles. The summed E-state index contributed by atoms with van der Waals surface area (Å²) < 4.78 is 20.4. The number of hydrogen-bond donors (Lipinski definition) is 0. The summed E-state index contributed by atoms with van der Waals surface area (Å²) in [5, 5.41) is 2.47. The van der Waals surface area contributed by atoms with Crippen molar-refractivity contribution in [1.82, 2.24) is 14.5 Å². The maximum Gasteiger partial charge on any atom is 0.345 e. The van der Waals surface area contributed by atoms with E-state index in [0.717, 1.165) is 5.57 Å².